The van der Waals surface area contributed by atoms with Crippen molar-refractivity contribution in [2.75, 3.05) is 20.2 Å². The Morgan fingerprint density at radius 2 is 2.16 bits per heavy atom. The molecule has 1 aliphatic heterocycles. The number of halogens is 2. The molecular formula is C18H27BrIN3OSi. The van der Waals surface area contributed by atoms with Gasteiger partial charge in [0.05, 0.1) is 17.3 Å². The van der Waals surface area contributed by atoms with Crippen LogP contribution in [0.4, 0.5) is 0 Å². The highest BCUT2D eigenvalue weighted by molar-refractivity contribution is 14.1. The van der Waals surface area contributed by atoms with E-state index in [1.54, 1.807) is 0 Å². The fourth-order valence-electron chi connectivity index (χ4n) is 3.45. The summed E-state index contributed by atoms with van der Waals surface area (Å²) in [5.41, 5.74) is 2.61. The Bertz CT molecular complexity index is 759. The van der Waals surface area contributed by atoms with Gasteiger partial charge in [0.25, 0.3) is 0 Å². The lowest BCUT2D eigenvalue weighted by molar-refractivity contribution is 0.0855. The van der Waals surface area contributed by atoms with Crippen molar-refractivity contribution in [1.29, 1.82) is 0 Å². The van der Waals surface area contributed by atoms with Gasteiger partial charge in [-0.3, -0.25) is 4.90 Å². The minimum Gasteiger partial charge on any atom is -0.361 e. The van der Waals surface area contributed by atoms with Gasteiger partial charge in [-0.25, -0.2) is 4.98 Å². The van der Waals surface area contributed by atoms with Crippen molar-refractivity contribution in [3.63, 3.8) is 0 Å². The van der Waals surface area contributed by atoms with Gasteiger partial charge in [0, 0.05) is 29.8 Å². The predicted octanol–water partition coefficient (Wildman–Crippen LogP) is 5.48. The second-order valence-corrected chi connectivity index (χ2v) is 15.7. The zero-order valence-electron chi connectivity index (χ0n) is 15.5. The molecule has 1 atom stereocenters. The van der Waals surface area contributed by atoms with Crippen molar-refractivity contribution < 1.29 is 4.74 Å². The second-order valence-electron chi connectivity index (χ2n) is 8.14. The standard InChI is InChI=1S/C18H27BrIN3OSi/c1-22-7-5-6-14(22)18-17(20)13-11-21-16(19)10-15(13)23(18)12-24-8-9-25(2,3)4/h10-11,14H,5-9,12H2,1-4H3/t14-/m1/s1. The molecule has 0 N–H and O–H groups in total. The molecule has 0 saturated carbocycles. The lowest BCUT2D eigenvalue weighted by Crippen LogP contribution is -2.23. The number of aromatic nitrogens is 2. The SMILES string of the molecule is CN1CCC[C@@H]1c1c(I)c2cnc(Br)cc2n1COCC[Si](C)(C)C. The monoisotopic (exact) mass is 535 g/mol. The molecule has 4 nitrogen and oxygen atoms in total. The summed E-state index contributed by atoms with van der Waals surface area (Å²) in [6.07, 6.45) is 4.46. The van der Waals surface area contributed by atoms with E-state index in [4.69, 9.17) is 4.74 Å². The first-order chi connectivity index (χ1) is 11.8. The fraction of sp³-hybridized carbons (Fsp3) is 0.611. The number of pyridine rings is 1. The number of rotatable bonds is 6. The van der Waals surface area contributed by atoms with E-state index in [1.807, 2.05) is 6.20 Å². The Balaban J connectivity index is 1.94. The van der Waals surface area contributed by atoms with Gasteiger partial charge >= 0.3 is 0 Å². The summed E-state index contributed by atoms with van der Waals surface area (Å²) in [7, 11) is 1.17. The molecule has 0 unspecified atom stereocenters. The van der Waals surface area contributed by atoms with Gasteiger partial charge in [0.15, 0.2) is 0 Å². The van der Waals surface area contributed by atoms with Crippen molar-refractivity contribution in [3.05, 3.63) is 26.1 Å². The van der Waals surface area contributed by atoms with Crippen LogP contribution in [0.3, 0.4) is 0 Å². The Kier molecular flexibility index (Phi) is 6.30. The quantitative estimate of drug-likeness (QED) is 0.212. The molecule has 0 radical (unpaired) electrons. The summed E-state index contributed by atoms with van der Waals surface area (Å²) in [5, 5.41) is 1.23. The molecule has 1 aliphatic rings. The third-order valence-corrected chi connectivity index (χ3v) is 8.22. The minimum absolute atomic E-state index is 0.471. The molecule has 1 saturated heterocycles. The van der Waals surface area contributed by atoms with Gasteiger partial charge in [-0.2, -0.15) is 0 Å². The van der Waals surface area contributed by atoms with E-state index in [0.717, 1.165) is 11.2 Å². The van der Waals surface area contributed by atoms with Crippen molar-refractivity contribution in [2.45, 2.75) is 51.3 Å². The number of hydrogen-bond acceptors (Lipinski definition) is 3. The van der Waals surface area contributed by atoms with E-state index in [1.165, 1.54) is 45.6 Å². The maximum Gasteiger partial charge on any atom is 0.123 e. The van der Waals surface area contributed by atoms with E-state index in [0.29, 0.717) is 12.8 Å². The molecule has 3 rings (SSSR count). The van der Waals surface area contributed by atoms with E-state index in [-0.39, 0.29) is 0 Å². The molecule has 0 amide bonds. The van der Waals surface area contributed by atoms with E-state index in [2.05, 4.69) is 85.7 Å². The van der Waals surface area contributed by atoms with Crippen LogP contribution in [-0.4, -0.2) is 42.7 Å². The van der Waals surface area contributed by atoms with Crippen LogP contribution in [0.25, 0.3) is 10.9 Å². The average Bonchev–Trinajstić information content (AvgIpc) is 3.04. The molecule has 7 heteroatoms. The highest BCUT2D eigenvalue weighted by Gasteiger charge is 2.29. The number of hydrogen-bond donors (Lipinski definition) is 0. The van der Waals surface area contributed by atoms with E-state index in [9.17, 15) is 0 Å². The van der Waals surface area contributed by atoms with Gasteiger partial charge in [0.1, 0.15) is 11.3 Å². The van der Waals surface area contributed by atoms with Crippen molar-refractivity contribution in [1.82, 2.24) is 14.5 Å². The van der Waals surface area contributed by atoms with Crippen LogP contribution in [0.2, 0.25) is 25.7 Å². The van der Waals surface area contributed by atoms with Crippen LogP contribution in [0, 0.1) is 3.57 Å². The zero-order chi connectivity index (χ0) is 18.2. The van der Waals surface area contributed by atoms with Crippen LogP contribution in [0.1, 0.15) is 24.6 Å². The van der Waals surface area contributed by atoms with Crippen molar-refractivity contribution >= 4 is 57.5 Å². The largest absolute Gasteiger partial charge is 0.361 e. The maximum absolute atomic E-state index is 6.13. The summed E-state index contributed by atoms with van der Waals surface area (Å²) >= 11 is 6.02. The van der Waals surface area contributed by atoms with Crippen molar-refractivity contribution in [2.24, 2.45) is 0 Å². The Labute approximate surface area is 173 Å². The molecule has 2 aromatic heterocycles. The molecule has 0 aromatic carbocycles. The molecule has 0 spiro atoms. The van der Waals surface area contributed by atoms with Crippen molar-refractivity contribution in [3.8, 4) is 0 Å². The highest BCUT2D eigenvalue weighted by atomic mass is 127. The number of nitrogens with zero attached hydrogens (tertiary/aromatic N) is 3. The van der Waals surface area contributed by atoms with Gasteiger partial charge in [0.2, 0.25) is 0 Å². The fourth-order valence-corrected chi connectivity index (χ4v) is 5.60. The summed E-state index contributed by atoms with van der Waals surface area (Å²) in [6, 6.07) is 3.80. The van der Waals surface area contributed by atoms with Gasteiger partial charge in [-0.05, 0) is 77.1 Å². The van der Waals surface area contributed by atoms with Crippen LogP contribution in [-0.2, 0) is 11.5 Å². The lowest BCUT2D eigenvalue weighted by Gasteiger charge is -2.23. The summed E-state index contributed by atoms with van der Waals surface area (Å²) in [5.74, 6) is 0. The maximum atomic E-state index is 6.13. The Morgan fingerprint density at radius 1 is 1.40 bits per heavy atom. The smallest absolute Gasteiger partial charge is 0.123 e. The Morgan fingerprint density at radius 3 is 2.80 bits per heavy atom. The molecule has 25 heavy (non-hydrogen) atoms. The van der Waals surface area contributed by atoms with Crippen LogP contribution >= 0.6 is 38.5 Å². The summed E-state index contributed by atoms with van der Waals surface area (Å²) in [4.78, 5) is 6.92. The minimum atomic E-state index is -1.06. The molecule has 3 heterocycles. The third-order valence-electron chi connectivity index (χ3n) is 4.94. The topological polar surface area (TPSA) is 30.3 Å². The van der Waals surface area contributed by atoms with Crippen LogP contribution in [0.15, 0.2) is 16.9 Å². The van der Waals surface area contributed by atoms with Gasteiger partial charge in [-0.15, -0.1) is 0 Å². The zero-order valence-corrected chi connectivity index (χ0v) is 20.2. The molecule has 138 valence electrons. The van der Waals surface area contributed by atoms with Crippen LogP contribution < -0.4 is 0 Å². The first kappa shape index (κ1) is 19.8. The molecule has 2 aromatic rings. The third kappa shape index (κ3) is 4.48. The highest BCUT2D eigenvalue weighted by Crippen LogP contribution is 2.38. The predicted molar refractivity (Wildman–Crippen MR) is 119 cm³/mol. The molecule has 0 aliphatic carbocycles. The average molecular weight is 536 g/mol. The van der Waals surface area contributed by atoms with Crippen LogP contribution in [0.5, 0.6) is 0 Å². The summed E-state index contributed by atoms with van der Waals surface area (Å²) < 4.78 is 10.7. The Hall–Kier alpha value is 0.0369. The second kappa shape index (κ2) is 7.96. The summed E-state index contributed by atoms with van der Waals surface area (Å²) in [6.45, 7) is 9.82. The van der Waals surface area contributed by atoms with E-state index >= 15 is 0 Å². The number of ether oxygens (including phenoxy) is 1. The first-order valence-corrected chi connectivity index (χ1v) is 14.5. The molecule has 1 fully saturated rings. The van der Waals surface area contributed by atoms with E-state index < -0.39 is 8.07 Å². The first-order valence-electron chi connectivity index (χ1n) is 8.89. The van der Waals surface area contributed by atoms with Gasteiger partial charge < -0.3 is 9.30 Å². The molecule has 0 bridgehead atoms. The number of fused-ring (bicyclic) bond motifs is 1. The molecular weight excluding hydrogens is 509 g/mol. The number of likely N-dealkylation sites (tertiary alicyclic amines) is 1. The lowest BCUT2D eigenvalue weighted by atomic mass is 10.1. The van der Waals surface area contributed by atoms with Gasteiger partial charge in [-0.1, -0.05) is 19.6 Å². The normalized spacial score (nSPS) is 19.2.